The molecule has 0 bridgehead atoms. The number of aromatic nitrogens is 4. The van der Waals surface area contributed by atoms with Gasteiger partial charge in [-0.3, -0.25) is 19.4 Å². The Balaban J connectivity index is 1.51. The van der Waals surface area contributed by atoms with E-state index < -0.39 is 0 Å². The molecule has 0 aliphatic carbocycles. The van der Waals surface area contributed by atoms with E-state index in [0.717, 1.165) is 28.6 Å². The van der Waals surface area contributed by atoms with Crippen LogP contribution in [0.15, 0.2) is 36.9 Å². The van der Waals surface area contributed by atoms with Crippen molar-refractivity contribution in [3.05, 3.63) is 36.9 Å². The van der Waals surface area contributed by atoms with Crippen molar-refractivity contribution in [2.75, 3.05) is 31.6 Å². The summed E-state index contributed by atoms with van der Waals surface area (Å²) in [5.41, 5.74) is 1.78. The second-order valence-electron chi connectivity index (χ2n) is 6.83. The lowest BCUT2D eigenvalue weighted by atomic mass is 10.1. The van der Waals surface area contributed by atoms with Crippen molar-refractivity contribution in [1.29, 1.82) is 0 Å². The Hall–Kier alpha value is -2.84. The number of carbonyl (C=O) groups is 1. The van der Waals surface area contributed by atoms with Gasteiger partial charge in [-0.2, -0.15) is 5.10 Å². The van der Waals surface area contributed by atoms with E-state index in [4.69, 9.17) is 4.74 Å². The molecule has 1 atom stereocenters. The molecule has 0 radical (unpaired) electrons. The van der Waals surface area contributed by atoms with Gasteiger partial charge in [-0.05, 0) is 24.4 Å². The van der Waals surface area contributed by atoms with E-state index in [1.54, 1.807) is 23.3 Å². The van der Waals surface area contributed by atoms with Crippen LogP contribution in [0.1, 0.15) is 6.92 Å². The quantitative estimate of drug-likeness (QED) is 0.756. The molecule has 8 heteroatoms. The van der Waals surface area contributed by atoms with Gasteiger partial charge < -0.3 is 10.1 Å². The van der Waals surface area contributed by atoms with E-state index >= 15 is 0 Å². The van der Waals surface area contributed by atoms with Crippen LogP contribution in [-0.4, -0.2) is 62.9 Å². The Kier molecular flexibility index (Phi) is 4.83. The van der Waals surface area contributed by atoms with E-state index in [1.165, 1.54) is 0 Å². The van der Waals surface area contributed by atoms with Gasteiger partial charge in [-0.1, -0.05) is 0 Å². The molecule has 0 unspecified atom stereocenters. The van der Waals surface area contributed by atoms with Crippen molar-refractivity contribution in [3.8, 4) is 11.3 Å². The molecule has 1 fully saturated rings. The molecule has 1 saturated heterocycles. The molecule has 0 aromatic carbocycles. The fourth-order valence-corrected chi connectivity index (χ4v) is 3.18. The Morgan fingerprint density at radius 3 is 2.89 bits per heavy atom. The summed E-state index contributed by atoms with van der Waals surface area (Å²) in [6, 6.07) is 4.09. The van der Waals surface area contributed by atoms with Gasteiger partial charge in [-0.25, -0.2) is 4.98 Å². The minimum atomic E-state index is -0.0721. The fourth-order valence-electron chi connectivity index (χ4n) is 3.18. The highest BCUT2D eigenvalue weighted by Gasteiger charge is 2.21. The van der Waals surface area contributed by atoms with Crippen LogP contribution in [0.2, 0.25) is 0 Å². The molecule has 3 aromatic rings. The molecule has 8 nitrogen and oxygen atoms in total. The normalized spacial score (nSPS) is 17.9. The Morgan fingerprint density at radius 2 is 2.11 bits per heavy atom. The summed E-state index contributed by atoms with van der Waals surface area (Å²) in [6.45, 7) is 4.48. The van der Waals surface area contributed by atoms with Crippen LogP contribution in [0.4, 0.5) is 5.82 Å². The molecule has 4 rings (SSSR count). The van der Waals surface area contributed by atoms with Crippen molar-refractivity contribution in [1.82, 2.24) is 24.6 Å². The Bertz CT molecular complexity index is 970. The zero-order chi connectivity index (χ0) is 18.8. The van der Waals surface area contributed by atoms with Gasteiger partial charge >= 0.3 is 0 Å². The molecule has 4 heterocycles. The SMILES string of the molecule is C[C@@H]1COCCN1CC(=O)Nc1cc2cc(-c3cnn(C)c3)ncc2cn1. The van der Waals surface area contributed by atoms with Gasteiger partial charge in [0.15, 0.2) is 0 Å². The molecular formula is C19H22N6O2. The van der Waals surface area contributed by atoms with Crippen molar-refractivity contribution in [2.45, 2.75) is 13.0 Å². The average molecular weight is 366 g/mol. The first-order chi connectivity index (χ1) is 13.1. The number of anilines is 1. The first kappa shape index (κ1) is 17.6. The predicted molar refractivity (Wildman–Crippen MR) is 102 cm³/mol. The lowest BCUT2D eigenvalue weighted by molar-refractivity contribution is -0.119. The van der Waals surface area contributed by atoms with Crippen LogP contribution < -0.4 is 5.32 Å². The first-order valence-corrected chi connectivity index (χ1v) is 8.95. The fraction of sp³-hybridized carbons (Fsp3) is 0.368. The van der Waals surface area contributed by atoms with Gasteiger partial charge in [0.05, 0.1) is 31.6 Å². The van der Waals surface area contributed by atoms with Crippen LogP contribution in [0, 0.1) is 0 Å². The molecule has 140 valence electrons. The third-order valence-electron chi connectivity index (χ3n) is 4.72. The number of aryl methyl sites for hydroxylation is 1. The summed E-state index contributed by atoms with van der Waals surface area (Å²) < 4.78 is 7.15. The molecule has 1 aliphatic heterocycles. The van der Waals surface area contributed by atoms with Gasteiger partial charge in [0, 0.05) is 49.2 Å². The van der Waals surface area contributed by atoms with Crippen LogP contribution >= 0.6 is 0 Å². The Morgan fingerprint density at radius 1 is 1.26 bits per heavy atom. The zero-order valence-corrected chi connectivity index (χ0v) is 15.4. The maximum Gasteiger partial charge on any atom is 0.239 e. The van der Waals surface area contributed by atoms with Gasteiger partial charge in [0.25, 0.3) is 0 Å². The second kappa shape index (κ2) is 7.42. The van der Waals surface area contributed by atoms with Crippen molar-refractivity contribution in [2.24, 2.45) is 7.05 Å². The van der Waals surface area contributed by atoms with E-state index in [0.29, 0.717) is 25.6 Å². The number of amides is 1. The zero-order valence-electron chi connectivity index (χ0n) is 15.4. The molecule has 1 N–H and O–H groups in total. The number of nitrogens with zero attached hydrogens (tertiary/aromatic N) is 5. The van der Waals surface area contributed by atoms with E-state index in [-0.39, 0.29) is 11.9 Å². The summed E-state index contributed by atoms with van der Waals surface area (Å²) in [6.07, 6.45) is 7.21. The van der Waals surface area contributed by atoms with Crippen molar-refractivity contribution < 1.29 is 9.53 Å². The van der Waals surface area contributed by atoms with Gasteiger partial charge in [-0.15, -0.1) is 0 Å². The lowest BCUT2D eigenvalue weighted by Crippen LogP contribution is -2.47. The van der Waals surface area contributed by atoms with Crippen LogP contribution in [0.25, 0.3) is 22.0 Å². The minimum absolute atomic E-state index is 0.0721. The average Bonchev–Trinajstić information content (AvgIpc) is 3.09. The largest absolute Gasteiger partial charge is 0.379 e. The number of hydrogen-bond acceptors (Lipinski definition) is 6. The van der Waals surface area contributed by atoms with Gasteiger partial charge in [0.1, 0.15) is 5.82 Å². The molecule has 3 aromatic heterocycles. The number of hydrogen-bond donors (Lipinski definition) is 1. The third kappa shape index (κ3) is 3.96. The molecule has 0 saturated carbocycles. The maximum atomic E-state index is 12.4. The summed E-state index contributed by atoms with van der Waals surface area (Å²) in [4.78, 5) is 23.3. The number of morpholine rings is 1. The van der Waals surface area contributed by atoms with Crippen LogP contribution in [-0.2, 0) is 16.6 Å². The highest BCUT2D eigenvalue weighted by molar-refractivity contribution is 5.94. The number of rotatable bonds is 4. The number of fused-ring (bicyclic) bond motifs is 1. The van der Waals surface area contributed by atoms with E-state index in [2.05, 4.69) is 32.2 Å². The van der Waals surface area contributed by atoms with Crippen molar-refractivity contribution >= 4 is 22.5 Å². The van der Waals surface area contributed by atoms with Crippen molar-refractivity contribution in [3.63, 3.8) is 0 Å². The third-order valence-corrected chi connectivity index (χ3v) is 4.72. The Labute approximate surface area is 157 Å². The molecule has 27 heavy (non-hydrogen) atoms. The summed E-state index contributed by atoms with van der Waals surface area (Å²) in [5, 5.41) is 8.97. The predicted octanol–water partition coefficient (Wildman–Crippen LogP) is 1.69. The van der Waals surface area contributed by atoms with Crippen LogP contribution in [0.3, 0.4) is 0 Å². The number of carbonyl (C=O) groups excluding carboxylic acids is 1. The number of ether oxygens (including phenoxy) is 1. The molecule has 1 aliphatic rings. The molecular weight excluding hydrogens is 344 g/mol. The molecule has 1 amide bonds. The standard InChI is InChI=1S/C19H22N6O2/c1-13-12-27-4-3-25(13)11-19(26)23-18-6-14-5-17(16-9-22-24(2)10-16)20-7-15(14)8-21-18/h5-10,13H,3-4,11-12H2,1-2H3,(H,21,23,26)/t13-/m1/s1. The first-order valence-electron chi connectivity index (χ1n) is 8.95. The summed E-state index contributed by atoms with van der Waals surface area (Å²) in [7, 11) is 1.87. The van der Waals surface area contributed by atoms with E-state index in [9.17, 15) is 4.79 Å². The summed E-state index contributed by atoms with van der Waals surface area (Å²) in [5.74, 6) is 0.467. The second-order valence-corrected chi connectivity index (χ2v) is 6.83. The lowest BCUT2D eigenvalue weighted by Gasteiger charge is -2.32. The van der Waals surface area contributed by atoms with Crippen LogP contribution in [0.5, 0.6) is 0 Å². The van der Waals surface area contributed by atoms with E-state index in [1.807, 2.05) is 25.4 Å². The topological polar surface area (TPSA) is 85.2 Å². The molecule has 0 spiro atoms. The summed E-state index contributed by atoms with van der Waals surface area (Å²) >= 11 is 0. The smallest absolute Gasteiger partial charge is 0.239 e. The monoisotopic (exact) mass is 366 g/mol. The minimum Gasteiger partial charge on any atom is -0.379 e. The van der Waals surface area contributed by atoms with Gasteiger partial charge in [0.2, 0.25) is 5.91 Å². The highest BCUT2D eigenvalue weighted by atomic mass is 16.5. The highest BCUT2D eigenvalue weighted by Crippen LogP contribution is 2.22. The maximum absolute atomic E-state index is 12.4. The number of pyridine rings is 2. The number of nitrogens with one attached hydrogen (secondary N) is 1.